The van der Waals surface area contributed by atoms with Crippen molar-refractivity contribution in [3.63, 3.8) is 0 Å². The molecule has 0 saturated heterocycles. The van der Waals surface area contributed by atoms with Crippen LogP contribution in [0.25, 0.3) is 0 Å². The molecule has 0 bridgehead atoms. The summed E-state index contributed by atoms with van der Waals surface area (Å²) in [5.74, 6) is -1.43. The number of carbonyl (C=O) groups is 2. The number of aliphatic carboxylic acids is 1. The molecule has 6 heteroatoms. The van der Waals surface area contributed by atoms with Gasteiger partial charge in [-0.15, -0.1) is 0 Å². The van der Waals surface area contributed by atoms with Gasteiger partial charge in [0.2, 0.25) is 5.91 Å². The van der Waals surface area contributed by atoms with Crippen molar-refractivity contribution in [2.45, 2.75) is 13.0 Å². The summed E-state index contributed by atoms with van der Waals surface area (Å²) in [4.78, 5) is 23.1. The molecule has 0 aliphatic heterocycles. The minimum absolute atomic E-state index is 0.0347. The van der Waals surface area contributed by atoms with Gasteiger partial charge < -0.3 is 15.5 Å². The van der Waals surface area contributed by atoms with Gasteiger partial charge >= 0.3 is 5.97 Å². The van der Waals surface area contributed by atoms with Crippen LogP contribution in [0.3, 0.4) is 0 Å². The number of hydrogen-bond donors (Lipinski definition) is 3. The lowest BCUT2D eigenvalue weighted by atomic mass is 10.3. The molecule has 82 valence electrons. The van der Waals surface area contributed by atoms with E-state index in [0.29, 0.717) is 6.54 Å². The number of nitrogens with zero attached hydrogens (tertiary/aromatic N) is 1. The number of carboxylic acids is 1. The predicted octanol–water partition coefficient (Wildman–Crippen LogP) is -1.50. The van der Waals surface area contributed by atoms with Crippen molar-refractivity contribution in [2.75, 3.05) is 26.7 Å². The van der Waals surface area contributed by atoms with E-state index in [0.717, 1.165) is 0 Å². The summed E-state index contributed by atoms with van der Waals surface area (Å²) in [5.41, 5.74) is 0. The monoisotopic (exact) mass is 204 g/mol. The van der Waals surface area contributed by atoms with E-state index in [2.05, 4.69) is 5.32 Å². The molecule has 3 N–H and O–H groups in total. The van der Waals surface area contributed by atoms with E-state index in [4.69, 9.17) is 10.2 Å². The largest absolute Gasteiger partial charge is 0.480 e. The fraction of sp³-hybridized carbons (Fsp3) is 0.750. The number of aliphatic hydroxyl groups excluding tert-OH is 1. The van der Waals surface area contributed by atoms with Crippen LogP contribution in [0.2, 0.25) is 0 Å². The SMILES string of the molecule is CC(C(=O)NCC(=O)O)N(C)CCO. The van der Waals surface area contributed by atoms with Crippen molar-refractivity contribution in [3.8, 4) is 0 Å². The summed E-state index contributed by atoms with van der Waals surface area (Å²) in [6.07, 6.45) is 0. The highest BCUT2D eigenvalue weighted by molar-refractivity contribution is 5.84. The van der Waals surface area contributed by atoms with Crippen molar-refractivity contribution >= 4 is 11.9 Å². The first-order valence-electron chi connectivity index (χ1n) is 4.29. The molecule has 0 aromatic carbocycles. The van der Waals surface area contributed by atoms with Crippen LogP contribution >= 0.6 is 0 Å². The van der Waals surface area contributed by atoms with E-state index in [-0.39, 0.29) is 19.1 Å². The lowest BCUT2D eigenvalue weighted by molar-refractivity contribution is -0.138. The first kappa shape index (κ1) is 12.9. The van der Waals surface area contributed by atoms with Crippen LogP contribution in [0.1, 0.15) is 6.92 Å². The minimum atomic E-state index is -1.07. The molecule has 14 heavy (non-hydrogen) atoms. The van der Waals surface area contributed by atoms with Crippen LogP contribution < -0.4 is 5.32 Å². The number of amides is 1. The molecule has 0 aromatic heterocycles. The van der Waals surface area contributed by atoms with Crippen LogP contribution in [-0.4, -0.2) is 59.8 Å². The summed E-state index contributed by atoms with van der Waals surface area (Å²) < 4.78 is 0. The van der Waals surface area contributed by atoms with Gasteiger partial charge in [-0.2, -0.15) is 0 Å². The second kappa shape index (κ2) is 6.33. The molecule has 0 heterocycles. The topological polar surface area (TPSA) is 89.9 Å². The first-order valence-corrected chi connectivity index (χ1v) is 4.29. The van der Waals surface area contributed by atoms with Crippen LogP contribution in [0, 0.1) is 0 Å². The average Bonchev–Trinajstić information content (AvgIpc) is 2.13. The van der Waals surface area contributed by atoms with E-state index in [1.165, 1.54) is 0 Å². The number of carbonyl (C=O) groups excluding carboxylic acids is 1. The molecule has 0 saturated carbocycles. The third kappa shape index (κ3) is 4.78. The van der Waals surface area contributed by atoms with Gasteiger partial charge in [0.15, 0.2) is 0 Å². The quantitative estimate of drug-likeness (QED) is 0.490. The van der Waals surface area contributed by atoms with Crippen LogP contribution in [0.4, 0.5) is 0 Å². The maximum absolute atomic E-state index is 11.3. The van der Waals surface area contributed by atoms with Gasteiger partial charge in [0, 0.05) is 6.54 Å². The molecule has 6 nitrogen and oxygen atoms in total. The molecule has 1 atom stereocenters. The normalized spacial score (nSPS) is 12.6. The highest BCUT2D eigenvalue weighted by atomic mass is 16.4. The van der Waals surface area contributed by atoms with E-state index in [9.17, 15) is 9.59 Å². The van der Waals surface area contributed by atoms with Crippen molar-refractivity contribution in [3.05, 3.63) is 0 Å². The smallest absolute Gasteiger partial charge is 0.322 e. The Morgan fingerprint density at radius 2 is 2.07 bits per heavy atom. The third-order valence-corrected chi connectivity index (χ3v) is 1.91. The molecule has 0 aliphatic rings. The summed E-state index contributed by atoms with van der Waals surface area (Å²) in [5, 5.41) is 19.2. The van der Waals surface area contributed by atoms with Crippen molar-refractivity contribution in [1.82, 2.24) is 10.2 Å². The number of rotatable bonds is 6. The summed E-state index contributed by atoms with van der Waals surface area (Å²) in [6.45, 7) is 1.61. The maximum atomic E-state index is 11.3. The molecule has 1 unspecified atom stereocenters. The van der Waals surface area contributed by atoms with Crippen molar-refractivity contribution < 1.29 is 19.8 Å². The van der Waals surface area contributed by atoms with Gasteiger partial charge in [0.05, 0.1) is 12.6 Å². The Bertz CT molecular complexity index is 208. The second-order valence-corrected chi connectivity index (χ2v) is 2.99. The Labute approximate surface area is 82.5 Å². The van der Waals surface area contributed by atoms with E-state index < -0.39 is 12.0 Å². The summed E-state index contributed by atoms with van der Waals surface area (Å²) >= 11 is 0. The Kier molecular flexibility index (Phi) is 5.82. The molecule has 0 fully saturated rings. The van der Waals surface area contributed by atoms with Crippen molar-refractivity contribution in [1.29, 1.82) is 0 Å². The number of aliphatic hydroxyl groups is 1. The van der Waals surface area contributed by atoms with Gasteiger partial charge in [0.1, 0.15) is 6.54 Å². The number of carboxylic acid groups (broad SMARTS) is 1. The van der Waals surface area contributed by atoms with Crippen LogP contribution in [-0.2, 0) is 9.59 Å². The molecule has 0 rings (SSSR count). The van der Waals surface area contributed by atoms with Gasteiger partial charge in [-0.1, -0.05) is 0 Å². The predicted molar refractivity (Wildman–Crippen MR) is 49.8 cm³/mol. The standard InChI is InChI=1S/C8H16N2O4/c1-6(10(2)3-4-11)8(14)9-5-7(12)13/h6,11H,3-5H2,1-2H3,(H,9,14)(H,12,13). The highest BCUT2D eigenvalue weighted by Crippen LogP contribution is 1.93. The molecule has 0 radical (unpaired) electrons. The molecule has 1 amide bonds. The van der Waals surface area contributed by atoms with Crippen molar-refractivity contribution in [2.24, 2.45) is 0 Å². The zero-order valence-corrected chi connectivity index (χ0v) is 8.36. The minimum Gasteiger partial charge on any atom is -0.480 e. The van der Waals surface area contributed by atoms with E-state index >= 15 is 0 Å². The number of likely N-dealkylation sites (N-methyl/N-ethyl adjacent to an activating group) is 1. The zero-order chi connectivity index (χ0) is 11.1. The molecular weight excluding hydrogens is 188 g/mol. The molecule has 0 aliphatic carbocycles. The lowest BCUT2D eigenvalue weighted by Gasteiger charge is -2.22. The zero-order valence-electron chi connectivity index (χ0n) is 8.36. The molecular formula is C8H16N2O4. The Balaban J connectivity index is 3.91. The maximum Gasteiger partial charge on any atom is 0.322 e. The summed E-state index contributed by atoms with van der Waals surface area (Å²) in [6, 6.07) is -0.443. The van der Waals surface area contributed by atoms with Crippen LogP contribution in [0.15, 0.2) is 0 Å². The van der Waals surface area contributed by atoms with E-state index in [1.807, 2.05) is 0 Å². The van der Waals surface area contributed by atoms with Gasteiger partial charge in [-0.3, -0.25) is 14.5 Å². The van der Waals surface area contributed by atoms with E-state index in [1.54, 1.807) is 18.9 Å². The van der Waals surface area contributed by atoms with Gasteiger partial charge in [-0.25, -0.2) is 0 Å². The Morgan fingerprint density at radius 3 is 2.50 bits per heavy atom. The third-order valence-electron chi connectivity index (χ3n) is 1.91. The molecule has 0 spiro atoms. The second-order valence-electron chi connectivity index (χ2n) is 2.99. The average molecular weight is 204 g/mol. The highest BCUT2D eigenvalue weighted by Gasteiger charge is 2.17. The fourth-order valence-electron chi connectivity index (χ4n) is 0.862. The fourth-order valence-corrected chi connectivity index (χ4v) is 0.862. The Hall–Kier alpha value is -1.14. The molecule has 0 aromatic rings. The first-order chi connectivity index (χ1) is 6.49. The van der Waals surface area contributed by atoms with Gasteiger partial charge in [0.25, 0.3) is 0 Å². The Morgan fingerprint density at radius 1 is 1.50 bits per heavy atom. The number of hydrogen-bond acceptors (Lipinski definition) is 4. The van der Waals surface area contributed by atoms with Gasteiger partial charge in [-0.05, 0) is 14.0 Å². The summed E-state index contributed by atoms with van der Waals surface area (Å²) in [7, 11) is 1.68. The number of nitrogens with one attached hydrogen (secondary N) is 1. The lowest BCUT2D eigenvalue weighted by Crippen LogP contribution is -2.45. The van der Waals surface area contributed by atoms with Crippen LogP contribution in [0.5, 0.6) is 0 Å².